The normalized spacial score (nSPS) is 12.0. The summed E-state index contributed by atoms with van der Waals surface area (Å²) >= 11 is 0. The van der Waals surface area contributed by atoms with E-state index in [0.717, 1.165) is 5.56 Å². The molecule has 1 atom stereocenters. The van der Waals surface area contributed by atoms with Crippen LogP contribution in [0.1, 0.15) is 19.4 Å². The minimum atomic E-state index is -1.29. The van der Waals surface area contributed by atoms with Crippen molar-refractivity contribution in [1.29, 1.82) is 0 Å². The van der Waals surface area contributed by atoms with E-state index in [1.165, 1.54) is 0 Å². The number of carboxylic acid groups (broad SMARTS) is 1. The molecule has 0 radical (unpaired) electrons. The van der Waals surface area contributed by atoms with Crippen LogP contribution < -0.4 is 15.7 Å². The fraction of sp³-hybridized carbons (Fsp3) is 0.385. The van der Waals surface area contributed by atoms with Crippen molar-refractivity contribution < 1.29 is 14.7 Å². The highest BCUT2D eigenvalue weighted by atomic mass is 16.4. The molecule has 0 saturated heterocycles. The van der Waals surface area contributed by atoms with Gasteiger partial charge in [0.25, 0.3) is 0 Å². The van der Waals surface area contributed by atoms with Gasteiger partial charge in [0.1, 0.15) is 0 Å². The predicted octanol–water partition coefficient (Wildman–Crippen LogP) is 0.891. The lowest BCUT2D eigenvalue weighted by molar-refractivity contribution is -0.309. The maximum absolute atomic E-state index is 11.6. The van der Waals surface area contributed by atoms with E-state index in [1.54, 1.807) is 26.0 Å². The Morgan fingerprint density at radius 1 is 1.17 bits per heavy atom. The SMILES string of the molecule is Cc1ccc(NC(=O)N[C@H](C(=O)[O-])C(C)C)cc1. The van der Waals surface area contributed by atoms with Crippen LogP contribution in [0, 0.1) is 12.8 Å². The predicted molar refractivity (Wildman–Crippen MR) is 67.0 cm³/mol. The lowest BCUT2D eigenvalue weighted by Crippen LogP contribution is -2.51. The summed E-state index contributed by atoms with van der Waals surface area (Å²) in [5.74, 6) is -1.53. The summed E-state index contributed by atoms with van der Waals surface area (Å²) in [6.45, 7) is 5.34. The van der Waals surface area contributed by atoms with Crippen LogP contribution in [0.4, 0.5) is 10.5 Å². The Kier molecular flexibility index (Phi) is 4.71. The first-order valence-electron chi connectivity index (χ1n) is 5.75. The summed E-state index contributed by atoms with van der Waals surface area (Å²) in [6, 6.07) is 5.65. The number of carbonyl (C=O) groups excluding carboxylic acids is 2. The number of carbonyl (C=O) groups is 2. The van der Waals surface area contributed by atoms with Crippen LogP contribution >= 0.6 is 0 Å². The van der Waals surface area contributed by atoms with E-state index in [0.29, 0.717) is 5.69 Å². The zero-order valence-electron chi connectivity index (χ0n) is 10.7. The second-order valence-electron chi connectivity index (χ2n) is 4.51. The maximum Gasteiger partial charge on any atom is 0.319 e. The van der Waals surface area contributed by atoms with E-state index in [1.807, 2.05) is 19.1 Å². The van der Waals surface area contributed by atoms with Crippen molar-refractivity contribution in [3.63, 3.8) is 0 Å². The molecule has 0 heterocycles. The van der Waals surface area contributed by atoms with Crippen LogP contribution in [0.15, 0.2) is 24.3 Å². The van der Waals surface area contributed by atoms with E-state index >= 15 is 0 Å². The summed E-state index contributed by atoms with van der Waals surface area (Å²) in [7, 11) is 0. The number of nitrogens with one attached hydrogen (secondary N) is 2. The Labute approximate surface area is 106 Å². The first-order chi connectivity index (χ1) is 8.40. The number of benzene rings is 1. The van der Waals surface area contributed by atoms with Crippen LogP contribution in [-0.4, -0.2) is 18.0 Å². The van der Waals surface area contributed by atoms with Gasteiger partial charge in [-0.05, 0) is 25.0 Å². The van der Waals surface area contributed by atoms with Crippen molar-refractivity contribution in [3.8, 4) is 0 Å². The van der Waals surface area contributed by atoms with Gasteiger partial charge in [-0.15, -0.1) is 0 Å². The highest BCUT2D eigenvalue weighted by Crippen LogP contribution is 2.08. The second-order valence-corrected chi connectivity index (χ2v) is 4.51. The monoisotopic (exact) mass is 249 g/mol. The molecule has 98 valence electrons. The number of urea groups is 1. The van der Waals surface area contributed by atoms with Crippen molar-refractivity contribution in [3.05, 3.63) is 29.8 Å². The van der Waals surface area contributed by atoms with E-state index in [-0.39, 0.29) is 5.92 Å². The van der Waals surface area contributed by atoms with Crippen molar-refractivity contribution in [2.75, 3.05) is 5.32 Å². The lowest BCUT2D eigenvalue weighted by Gasteiger charge is -2.23. The zero-order chi connectivity index (χ0) is 13.7. The standard InChI is InChI=1S/C13H18N2O3/c1-8(2)11(12(16)17)15-13(18)14-10-6-4-9(3)5-7-10/h4-8,11H,1-3H3,(H,16,17)(H2,14,15,18)/p-1/t11-/m0/s1. The van der Waals surface area contributed by atoms with Gasteiger partial charge in [-0.3, -0.25) is 0 Å². The van der Waals surface area contributed by atoms with Crippen LogP contribution in [0.3, 0.4) is 0 Å². The summed E-state index contributed by atoms with van der Waals surface area (Å²) in [5, 5.41) is 15.8. The van der Waals surface area contributed by atoms with Crippen molar-refractivity contribution >= 4 is 17.7 Å². The van der Waals surface area contributed by atoms with Gasteiger partial charge in [0.2, 0.25) is 0 Å². The molecule has 2 amide bonds. The van der Waals surface area contributed by atoms with E-state index in [2.05, 4.69) is 10.6 Å². The molecule has 0 aromatic heterocycles. The Morgan fingerprint density at radius 2 is 1.72 bits per heavy atom. The fourth-order valence-corrected chi connectivity index (χ4v) is 1.44. The van der Waals surface area contributed by atoms with Gasteiger partial charge in [-0.25, -0.2) is 4.79 Å². The first kappa shape index (κ1) is 14.0. The van der Waals surface area contributed by atoms with Gasteiger partial charge in [0.15, 0.2) is 0 Å². The second kappa shape index (κ2) is 6.05. The molecular formula is C13H17N2O3-. The number of carboxylic acids is 1. The largest absolute Gasteiger partial charge is 0.548 e. The van der Waals surface area contributed by atoms with Crippen LogP contribution in [0.2, 0.25) is 0 Å². The third-order valence-corrected chi connectivity index (χ3v) is 2.52. The third-order valence-electron chi connectivity index (χ3n) is 2.52. The average molecular weight is 249 g/mol. The quantitative estimate of drug-likeness (QED) is 0.831. The Bertz CT molecular complexity index is 426. The molecular weight excluding hydrogens is 232 g/mol. The zero-order valence-corrected chi connectivity index (χ0v) is 10.7. The molecule has 5 heteroatoms. The smallest absolute Gasteiger partial charge is 0.319 e. The summed E-state index contributed by atoms with van der Waals surface area (Å²) in [4.78, 5) is 22.4. The number of aryl methyl sites for hydroxylation is 1. The molecule has 0 unspecified atom stereocenters. The van der Waals surface area contributed by atoms with Gasteiger partial charge in [-0.1, -0.05) is 31.5 Å². The van der Waals surface area contributed by atoms with Gasteiger partial charge in [-0.2, -0.15) is 0 Å². The Balaban J connectivity index is 2.60. The average Bonchev–Trinajstić information content (AvgIpc) is 2.28. The molecule has 1 aromatic rings. The van der Waals surface area contributed by atoms with Gasteiger partial charge in [0, 0.05) is 5.69 Å². The highest BCUT2D eigenvalue weighted by molar-refractivity contribution is 5.92. The van der Waals surface area contributed by atoms with Crippen molar-refractivity contribution in [2.24, 2.45) is 5.92 Å². The molecule has 5 nitrogen and oxygen atoms in total. The molecule has 0 aliphatic rings. The number of amides is 2. The molecule has 0 spiro atoms. The number of aliphatic carboxylic acids is 1. The molecule has 0 saturated carbocycles. The number of hydrogen-bond acceptors (Lipinski definition) is 3. The van der Waals surface area contributed by atoms with Gasteiger partial charge < -0.3 is 20.5 Å². The molecule has 1 rings (SSSR count). The number of rotatable bonds is 4. The minimum absolute atomic E-state index is 0.237. The summed E-state index contributed by atoms with van der Waals surface area (Å²) in [5.41, 5.74) is 1.69. The first-order valence-corrected chi connectivity index (χ1v) is 5.75. The van der Waals surface area contributed by atoms with Crippen molar-refractivity contribution in [2.45, 2.75) is 26.8 Å². The molecule has 0 aliphatic carbocycles. The molecule has 1 aromatic carbocycles. The minimum Gasteiger partial charge on any atom is -0.548 e. The van der Waals surface area contributed by atoms with E-state index in [4.69, 9.17) is 0 Å². The molecule has 0 fully saturated rings. The molecule has 0 aliphatic heterocycles. The van der Waals surface area contributed by atoms with E-state index < -0.39 is 18.0 Å². The summed E-state index contributed by atoms with van der Waals surface area (Å²) in [6.07, 6.45) is 0. The maximum atomic E-state index is 11.6. The van der Waals surface area contributed by atoms with Crippen LogP contribution in [-0.2, 0) is 4.79 Å². The number of anilines is 1. The summed E-state index contributed by atoms with van der Waals surface area (Å²) < 4.78 is 0. The fourth-order valence-electron chi connectivity index (χ4n) is 1.44. The highest BCUT2D eigenvalue weighted by Gasteiger charge is 2.17. The lowest BCUT2D eigenvalue weighted by atomic mass is 10.1. The van der Waals surface area contributed by atoms with Crippen LogP contribution in [0.5, 0.6) is 0 Å². The topological polar surface area (TPSA) is 81.3 Å². The Morgan fingerprint density at radius 3 is 2.17 bits per heavy atom. The molecule has 18 heavy (non-hydrogen) atoms. The van der Waals surface area contributed by atoms with Crippen LogP contribution in [0.25, 0.3) is 0 Å². The van der Waals surface area contributed by atoms with E-state index in [9.17, 15) is 14.7 Å². The molecule has 2 N–H and O–H groups in total. The van der Waals surface area contributed by atoms with Gasteiger partial charge >= 0.3 is 6.03 Å². The molecule has 0 bridgehead atoms. The number of hydrogen-bond donors (Lipinski definition) is 2. The van der Waals surface area contributed by atoms with Crippen molar-refractivity contribution in [1.82, 2.24) is 5.32 Å². The van der Waals surface area contributed by atoms with Gasteiger partial charge in [0.05, 0.1) is 12.0 Å². The Hall–Kier alpha value is -2.04. The third kappa shape index (κ3) is 4.08.